The average molecular weight is 544 g/mol. The van der Waals surface area contributed by atoms with Crippen LogP contribution in [0, 0.1) is 5.41 Å². The van der Waals surface area contributed by atoms with Gasteiger partial charge >= 0.3 is 0 Å². The van der Waals surface area contributed by atoms with Crippen LogP contribution < -0.4 is 5.32 Å². The number of amidine groups is 1. The third kappa shape index (κ3) is 5.22. The van der Waals surface area contributed by atoms with Gasteiger partial charge in [0.05, 0.1) is 5.84 Å². The molecule has 3 nitrogen and oxygen atoms in total. The summed E-state index contributed by atoms with van der Waals surface area (Å²) in [6.07, 6.45) is 1.21. The van der Waals surface area contributed by atoms with Crippen molar-refractivity contribution in [2.24, 2.45) is 0 Å². The molecule has 0 atom stereocenters. The Kier molecular flexibility index (Phi) is 7.35. The highest BCUT2D eigenvalue weighted by Crippen LogP contribution is 2.33. The molecule has 4 rings (SSSR count). The molecule has 0 unspecified atom stereocenters. The fourth-order valence-corrected chi connectivity index (χ4v) is 4.82. The topological polar surface area (TPSA) is 53.0 Å². The van der Waals surface area contributed by atoms with E-state index in [1.54, 1.807) is 0 Å². The smallest absolute Gasteiger partial charge is 0.226 e. The zero-order valence-corrected chi connectivity index (χ0v) is 20.3. The van der Waals surface area contributed by atoms with Crippen molar-refractivity contribution in [3.05, 3.63) is 132 Å². The van der Waals surface area contributed by atoms with Gasteiger partial charge in [-0.05, 0) is 34.2 Å². The van der Waals surface area contributed by atoms with Gasteiger partial charge in [0.25, 0.3) is 0 Å². The highest BCUT2D eigenvalue weighted by molar-refractivity contribution is 14.1. The molecule has 0 aromatic heterocycles. The summed E-state index contributed by atoms with van der Waals surface area (Å²) in [7, 11) is 0. The number of aryl methyl sites for hydroxylation is 1. The molecular weight excluding hydrogens is 519 g/mol. The first kappa shape index (κ1) is 22.9. The number of nitrogens with one attached hydrogen (secondary N) is 2. The lowest BCUT2D eigenvalue weighted by atomic mass is 9.83. The second-order valence-corrected chi connectivity index (χ2v) is 8.91. The molecule has 4 heteroatoms. The molecular formula is C29H25IN2O. The first-order valence-electron chi connectivity index (χ1n) is 10.9. The second-order valence-electron chi connectivity index (χ2n) is 7.93. The molecule has 0 heterocycles. The Labute approximate surface area is 208 Å². The van der Waals surface area contributed by atoms with Gasteiger partial charge in [0.1, 0.15) is 0 Å². The van der Waals surface area contributed by atoms with Crippen LogP contribution >= 0.6 is 22.6 Å². The standard InChI is InChI=1S/C29H25IN2O/c30-28(33)29(25-15-6-2-7-16-25,26-17-8-3-9-18-26)32-27(31)20-19-22-11-10-14-24(21-22)23-12-4-1-5-13-23/h1-18,21H,19-20H2,(H2,31,32). The maximum Gasteiger partial charge on any atom is 0.226 e. The van der Waals surface area contributed by atoms with Gasteiger partial charge in [-0.25, -0.2) is 0 Å². The molecule has 4 aromatic rings. The van der Waals surface area contributed by atoms with E-state index in [1.807, 2.05) is 101 Å². The number of rotatable bonds is 8. The number of benzene rings is 4. The van der Waals surface area contributed by atoms with Crippen molar-refractivity contribution in [3.8, 4) is 11.1 Å². The number of hydrogen-bond donors (Lipinski definition) is 2. The van der Waals surface area contributed by atoms with Crippen molar-refractivity contribution in [1.29, 1.82) is 5.41 Å². The summed E-state index contributed by atoms with van der Waals surface area (Å²) in [4.78, 5) is 13.1. The van der Waals surface area contributed by atoms with E-state index in [2.05, 4.69) is 41.7 Å². The summed E-state index contributed by atoms with van der Waals surface area (Å²) < 4.78 is -0.0756. The van der Waals surface area contributed by atoms with E-state index in [1.165, 1.54) is 5.56 Å². The average Bonchev–Trinajstić information content (AvgIpc) is 2.87. The highest BCUT2D eigenvalue weighted by atomic mass is 127. The highest BCUT2D eigenvalue weighted by Gasteiger charge is 2.41. The van der Waals surface area contributed by atoms with Gasteiger partial charge in [-0.15, -0.1) is 0 Å². The largest absolute Gasteiger partial charge is 0.354 e. The molecule has 0 amide bonds. The van der Waals surface area contributed by atoms with Crippen molar-refractivity contribution in [3.63, 3.8) is 0 Å². The van der Waals surface area contributed by atoms with Crippen LogP contribution in [0.2, 0.25) is 0 Å². The van der Waals surface area contributed by atoms with Crippen LogP contribution in [0.25, 0.3) is 11.1 Å². The van der Waals surface area contributed by atoms with Gasteiger partial charge in [-0.3, -0.25) is 10.2 Å². The van der Waals surface area contributed by atoms with Crippen molar-refractivity contribution in [2.45, 2.75) is 18.4 Å². The molecule has 0 radical (unpaired) electrons. The summed E-state index contributed by atoms with van der Waals surface area (Å²) >= 11 is 1.85. The lowest BCUT2D eigenvalue weighted by molar-refractivity contribution is -0.113. The van der Waals surface area contributed by atoms with E-state index in [0.29, 0.717) is 18.7 Å². The van der Waals surface area contributed by atoms with Crippen molar-refractivity contribution in [2.75, 3.05) is 0 Å². The van der Waals surface area contributed by atoms with E-state index < -0.39 is 5.54 Å². The molecule has 0 aliphatic rings. The maximum absolute atomic E-state index is 13.1. The number of carbonyl (C=O) groups excluding carboxylic acids is 1. The zero-order valence-electron chi connectivity index (χ0n) is 18.2. The second kappa shape index (κ2) is 10.6. The van der Waals surface area contributed by atoms with Gasteiger partial charge in [0, 0.05) is 29.0 Å². The monoisotopic (exact) mass is 544 g/mol. The predicted octanol–water partition coefficient (Wildman–Crippen LogP) is 6.76. The van der Waals surface area contributed by atoms with Gasteiger partial charge in [0.15, 0.2) is 5.54 Å². The summed E-state index contributed by atoms with van der Waals surface area (Å²) in [5, 5.41) is 12.0. The van der Waals surface area contributed by atoms with Gasteiger partial charge < -0.3 is 5.32 Å². The van der Waals surface area contributed by atoms with Crippen LogP contribution in [0.5, 0.6) is 0 Å². The summed E-state index contributed by atoms with van der Waals surface area (Å²) in [5.41, 5.74) is 4.05. The molecule has 0 aliphatic carbocycles. The Balaban J connectivity index is 1.57. The van der Waals surface area contributed by atoms with Crippen LogP contribution in [-0.4, -0.2) is 9.63 Å². The predicted molar refractivity (Wildman–Crippen MR) is 144 cm³/mol. The molecule has 0 saturated carbocycles. The van der Waals surface area contributed by atoms with E-state index in [9.17, 15) is 4.79 Å². The summed E-state index contributed by atoms with van der Waals surface area (Å²) in [5.74, 6) is 0.331. The molecule has 0 bridgehead atoms. The van der Waals surface area contributed by atoms with Crippen LogP contribution in [0.4, 0.5) is 0 Å². The molecule has 2 N–H and O–H groups in total. The minimum Gasteiger partial charge on any atom is -0.354 e. The Morgan fingerprint density at radius 1 is 0.727 bits per heavy atom. The van der Waals surface area contributed by atoms with E-state index in [-0.39, 0.29) is 3.79 Å². The summed E-state index contributed by atoms with van der Waals surface area (Å²) in [6.45, 7) is 0. The fraction of sp³-hybridized carbons (Fsp3) is 0.103. The maximum atomic E-state index is 13.1. The lowest BCUT2D eigenvalue weighted by Crippen LogP contribution is -2.50. The minimum atomic E-state index is -1.11. The SMILES string of the molecule is N=C(CCc1cccc(-c2ccccc2)c1)NC(C(=O)I)(c1ccccc1)c1ccccc1. The first-order chi connectivity index (χ1) is 16.1. The van der Waals surface area contributed by atoms with Crippen LogP contribution in [0.3, 0.4) is 0 Å². The van der Waals surface area contributed by atoms with Gasteiger partial charge in [0.2, 0.25) is 3.79 Å². The lowest BCUT2D eigenvalue weighted by Gasteiger charge is -2.34. The molecule has 33 heavy (non-hydrogen) atoms. The molecule has 4 aromatic carbocycles. The minimum absolute atomic E-state index is 0.0756. The van der Waals surface area contributed by atoms with Gasteiger partial charge in [-0.1, -0.05) is 115 Å². The third-order valence-electron chi connectivity index (χ3n) is 5.74. The zero-order chi connectivity index (χ0) is 23.1. The normalized spacial score (nSPS) is 11.1. The Morgan fingerprint density at radius 2 is 1.24 bits per heavy atom. The quantitative estimate of drug-likeness (QED) is 0.112. The molecule has 0 aliphatic heterocycles. The first-order valence-corrected chi connectivity index (χ1v) is 12.0. The van der Waals surface area contributed by atoms with E-state index in [0.717, 1.165) is 22.3 Å². The Bertz CT molecular complexity index is 1180. The number of halogens is 1. The van der Waals surface area contributed by atoms with Crippen LogP contribution in [0.1, 0.15) is 23.1 Å². The number of carbonyl (C=O) groups is 1. The summed E-state index contributed by atoms with van der Waals surface area (Å²) in [6, 6.07) is 38.0. The van der Waals surface area contributed by atoms with Gasteiger partial charge in [-0.2, -0.15) is 0 Å². The fourth-order valence-electron chi connectivity index (χ4n) is 4.06. The van der Waals surface area contributed by atoms with E-state index >= 15 is 0 Å². The molecule has 0 spiro atoms. The third-order valence-corrected chi connectivity index (χ3v) is 6.55. The van der Waals surface area contributed by atoms with Crippen LogP contribution in [0.15, 0.2) is 115 Å². The Morgan fingerprint density at radius 3 is 1.79 bits per heavy atom. The molecule has 0 fully saturated rings. The van der Waals surface area contributed by atoms with Crippen molar-refractivity contribution >= 4 is 32.2 Å². The van der Waals surface area contributed by atoms with E-state index in [4.69, 9.17) is 5.41 Å². The molecule has 0 saturated heterocycles. The van der Waals surface area contributed by atoms with Crippen LogP contribution in [-0.2, 0) is 16.8 Å². The van der Waals surface area contributed by atoms with Crippen molar-refractivity contribution < 1.29 is 4.79 Å². The molecule has 164 valence electrons. The Hall–Kier alpha value is -3.25. The van der Waals surface area contributed by atoms with Crippen molar-refractivity contribution in [1.82, 2.24) is 5.32 Å². The number of hydrogen-bond acceptors (Lipinski definition) is 2.